The Morgan fingerprint density at radius 1 is 1.03 bits per heavy atom. The second-order valence-electron chi connectivity index (χ2n) is 10.8. The average Bonchev–Trinajstić information content (AvgIpc) is 3.20. The lowest BCUT2D eigenvalue weighted by Gasteiger charge is -2.24. The summed E-state index contributed by atoms with van der Waals surface area (Å²) >= 11 is 0. The number of carbonyl (C=O) groups excluding carboxylic acids is 1. The second-order valence-corrected chi connectivity index (χ2v) is 10.8. The molecule has 1 aromatic heterocycles. The van der Waals surface area contributed by atoms with Gasteiger partial charge >= 0.3 is 6.09 Å². The molecule has 35 heavy (non-hydrogen) atoms. The van der Waals surface area contributed by atoms with Crippen molar-refractivity contribution in [1.82, 2.24) is 9.97 Å². The lowest BCUT2D eigenvalue weighted by molar-refractivity contribution is 0.177. The van der Waals surface area contributed by atoms with E-state index in [4.69, 9.17) is 4.74 Å². The van der Waals surface area contributed by atoms with Crippen LogP contribution in [0.25, 0.3) is 11.1 Å². The number of aryl methyl sites for hydroxylation is 1. The molecule has 0 unspecified atom stereocenters. The van der Waals surface area contributed by atoms with Crippen LogP contribution in [-0.4, -0.2) is 28.7 Å². The molecule has 6 heteroatoms. The van der Waals surface area contributed by atoms with E-state index in [-0.39, 0.29) is 29.5 Å². The summed E-state index contributed by atoms with van der Waals surface area (Å²) in [4.78, 5) is 22.9. The van der Waals surface area contributed by atoms with Gasteiger partial charge in [-0.05, 0) is 53.0 Å². The molecule has 1 N–H and O–H groups in total. The maximum Gasteiger partial charge on any atom is 0.415 e. The Morgan fingerprint density at radius 2 is 1.71 bits per heavy atom. The average molecular weight is 473 g/mol. The minimum Gasteiger partial charge on any atom is -0.447 e. The van der Waals surface area contributed by atoms with Gasteiger partial charge in [-0.2, -0.15) is 0 Å². The van der Waals surface area contributed by atoms with Gasteiger partial charge in [-0.3, -0.25) is 9.88 Å². The molecule has 0 aliphatic carbocycles. The summed E-state index contributed by atoms with van der Waals surface area (Å²) in [6.07, 6.45) is 2.92. The first-order valence-electron chi connectivity index (χ1n) is 12.3. The van der Waals surface area contributed by atoms with Gasteiger partial charge < -0.3 is 10.1 Å². The van der Waals surface area contributed by atoms with Crippen LogP contribution >= 0.6 is 0 Å². The highest BCUT2D eigenvalue weighted by Crippen LogP contribution is 2.31. The van der Waals surface area contributed by atoms with Crippen molar-refractivity contribution in [2.75, 3.05) is 16.8 Å². The number of amides is 1. The van der Waals surface area contributed by atoms with Crippen LogP contribution < -0.4 is 10.2 Å². The monoisotopic (exact) mass is 472 g/mol. The van der Waals surface area contributed by atoms with Gasteiger partial charge in [-0.15, -0.1) is 0 Å². The van der Waals surface area contributed by atoms with Crippen LogP contribution in [0, 0.1) is 12.8 Å². The first-order valence-corrected chi connectivity index (χ1v) is 12.3. The molecule has 3 aromatic rings. The van der Waals surface area contributed by atoms with Gasteiger partial charge in [0.05, 0.1) is 18.4 Å². The van der Waals surface area contributed by atoms with Gasteiger partial charge in [0.25, 0.3) is 0 Å². The van der Waals surface area contributed by atoms with Crippen LogP contribution in [0.15, 0.2) is 54.9 Å². The third kappa shape index (κ3) is 5.31. The van der Waals surface area contributed by atoms with E-state index in [1.807, 2.05) is 0 Å². The fourth-order valence-corrected chi connectivity index (χ4v) is 4.61. The molecule has 1 saturated heterocycles. The zero-order valence-corrected chi connectivity index (χ0v) is 21.8. The topological polar surface area (TPSA) is 67.4 Å². The predicted octanol–water partition coefficient (Wildman–Crippen LogP) is 6.90. The number of hydrogen-bond acceptors (Lipinski definition) is 5. The summed E-state index contributed by atoms with van der Waals surface area (Å²) in [6.45, 7) is 15.5. The molecule has 2 aromatic carbocycles. The Balaban J connectivity index is 1.50. The maximum atomic E-state index is 12.3. The highest BCUT2D eigenvalue weighted by molar-refractivity contribution is 5.89. The van der Waals surface area contributed by atoms with Crippen molar-refractivity contribution in [2.24, 2.45) is 5.92 Å². The predicted molar refractivity (Wildman–Crippen MR) is 142 cm³/mol. The van der Waals surface area contributed by atoms with Crippen LogP contribution in [0.4, 0.5) is 16.4 Å². The van der Waals surface area contributed by atoms with Gasteiger partial charge in [0.1, 0.15) is 12.4 Å². The molecule has 1 aliphatic rings. The molecule has 1 fully saturated rings. The number of benzene rings is 2. The van der Waals surface area contributed by atoms with Crippen molar-refractivity contribution >= 4 is 17.7 Å². The number of nitrogens with zero attached hydrogens (tertiary/aromatic N) is 3. The van der Waals surface area contributed by atoms with E-state index in [1.54, 1.807) is 17.3 Å². The number of rotatable bonds is 6. The van der Waals surface area contributed by atoms with Crippen LogP contribution in [0.5, 0.6) is 0 Å². The summed E-state index contributed by atoms with van der Waals surface area (Å²) in [5, 5.41) is 3.42. The van der Waals surface area contributed by atoms with Gasteiger partial charge in [0, 0.05) is 6.04 Å². The fourth-order valence-electron chi connectivity index (χ4n) is 4.61. The SMILES string of the molecule is Cc1ccc(-c2ccc([C@H](C)Nc3cncc(N4C(=O)OC[C@@H]4C(C)C)n3)cc2)cc1C(C)(C)C. The van der Waals surface area contributed by atoms with Gasteiger partial charge in [0.15, 0.2) is 5.82 Å². The fraction of sp³-hybridized carbons (Fsp3) is 0.414. The molecule has 6 nitrogen and oxygen atoms in total. The van der Waals surface area contributed by atoms with E-state index in [9.17, 15) is 4.79 Å². The largest absolute Gasteiger partial charge is 0.447 e. The van der Waals surface area contributed by atoms with Crippen LogP contribution in [0.2, 0.25) is 0 Å². The summed E-state index contributed by atoms with van der Waals surface area (Å²) in [6, 6.07) is 15.3. The molecular formula is C29H36N4O2. The molecule has 184 valence electrons. The number of cyclic esters (lactones) is 1. The minimum absolute atomic E-state index is 0.0168. The quantitative estimate of drug-likeness (QED) is 0.422. The first-order chi connectivity index (χ1) is 16.5. The van der Waals surface area contributed by atoms with Crippen molar-refractivity contribution in [2.45, 2.75) is 66.0 Å². The Bertz CT molecular complexity index is 1200. The Labute approximate surface area is 208 Å². The van der Waals surface area contributed by atoms with Crippen molar-refractivity contribution in [3.8, 4) is 11.1 Å². The summed E-state index contributed by atoms with van der Waals surface area (Å²) in [7, 11) is 0. The second kappa shape index (κ2) is 9.68. The highest BCUT2D eigenvalue weighted by atomic mass is 16.6. The van der Waals surface area contributed by atoms with E-state index in [1.165, 1.54) is 22.3 Å². The summed E-state index contributed by atoms with van der Waals surface area (Å²) in [5.74, 6) is 1.38. The number of carbonyl (C=O) groups is 1. The molecular weight excluding hydrogens is 436 g/mol. The van der Waals surface area contributed by atoms with E-state index < -0.39 is 0 Å². The van der Waals surface area contributed by atoms with Crippen molar-refractivity contribution in [3.63, 3.8) is 0 Å². The Kier molecular flexibility index (Phi) is 6.84. The Morgan fingerprint density at radius 3 is 2.37 bits per heavy atom. The van der Waals surface area contributed by atoms with Crippen molar-refractivity contribution < 1.29 is 9.53 Å². The number of hydrogen-bond donors (Lipinski definition) is 1. The standard InChI is InChI=1S/C29H36N4O2/c1-18(2)25-17-35-28(34)33(25)27-16-30-15-26(32-27)31-20(4)21-10-12-22(13-11-21)23-9-8-19(3)24(14-23)29(5,6)7/h8-16,18,20,25H,17H2,1-7H3,(H,31,32)/t20-,25+/m0/s1. The lowest BCUT2D eigenvalue weighted by Crippen LogP contribution is -2.37. The zero-order valence-electron chi connectivity index (χ0n) is 21.8. The molecule has 2 atom stereocenters. The molecule has 0 saturated carbocycles. The van der Waals surface area contributed by atoms with E-state index in [2.05, 4.69) is 106 Å². The number of aromatic nitrogens is 2. The van der Waals surface area contributed by atoms with Gasteiger partial charge in [0.2, 0.25) is 0 Å². The van der Waals surface area contributed by atoms with Crippen LogP contribution in [0.1, 0.15) is 64.3 Å². The first kappa shape index (κ1) is 24.7. The van der Waals surface area contributed by atoms with Crippen molar-refractivity contribution in [3.05, 3.63) is 71.5 Å². The third-order valence-electron chi connectivity index (χ3n) is 6.70. The molecule has 1 amide bonds. The van der Waals surface area contributed by atoms with Crippen molar-refractivity contribution in [1.29, 1.82) is 0 Å². The molecule has 1 aliphatic heterocycles. The highest BCUT2D eigenvalue weighted by Gasteiger charge is 2.37. The van der Waals surface area contributed by atoms with Crippen LogP contribution in [-0.2, 0) is 10.2 Å². The summed E-state index contributed by atoms with van der Waals surface area (Å²) in [5.41, 5.74) is 6.36. The molecule has 0 radical (unpaired) electrons. The normalized spacial score (nSPS) is 17.0. The minimum atomic E-state index is -0.371. The van der Waals surface area contributed by atoms with E-state index in [0.29, 0.717) is 18.2 Å². The third-order valence-corrected chi connectivity index (χ3v) is 6.70. The molecule has 0 spiro atoms. The lowest BCUT2D eigenvalue weighted by atomic mass is 9.82. The Hall–Kier alpha value is -3.41. The number of anilines is 2. The molecule has 4 rings (SSSR count). The maximum absolute atomic E-state index is 12.3. The number of ether oxygens (including phenoxy) is 1. The van der Waals surface area contributed by atoms with E-state index in [0.717, 1.165) is 5.56 Å². The number of nitrogens with one attached hydrogen (secondary N) is 1. The molecule has 0 bridgehead atoms. The van der Waals surface area contributed by atoms with E-state index >= 15 is 0 Å². The van der Waals surface area contributed by atoms with Gasteiger partial charge in [-0.1, -0.05) is 77.1 Å². The van der Waals surface area contributed by atoms with Crippen LogP contribution in [0.3, 0.4) is 0 Å². The smallest absolute Gasteiger partial charge is 0.415 e. The zero-order chi connectivity index (χ0) is 25.3. The molecule has 2 heterocycles. The summed E-state index contributed by atoms with van der Waals surface area (Å²) < 4.78 is 5.26. The van der Waals surface area contributed by atoms with Gasteiger partial charge in [-0.25, -0.2) is 9.78 Å².